The molecule has 2 N–H and O–H groups in total. The van der Waals surface area contributed by atoms with E-state index in [1.807, 2.05) is 6.07 Å². The van der Waals surface area contributed by atoms with Crippen LogP contribution in [-0.4, -0.2) is 47.4 Å². The molecule has 0 amide bonds. The standard InChI is InChI=1S/C19H22N6O4S/c1-4-9-29-18(27)13(11-20)17-25(5-2)16(26)14(30-17)12-23-19-22-7-6-15(24-19)21-8-10-28-3/h4,6-7,12H,1,5,8-10H2,2-3H3,(H2,21,22,23,24). The second-order valence-electron chi connectivity index (χ2n) is 5.67. The largest absolute Gasteiger partial charge is 0.457 e. The van der Waals surface area contributed by atoms with E-state index in [0.29, 0.717) is 19.0 Å². The van der Waals surface area contributed by atoms with E-state index < -0.39 is 5.97 Å². The normalized spacial score (nSPS) is 12.1. The van der Waals surface area contributed by atoms with Crippen LogP contribution >= 0.6 is 11.3 Å². The molecule has 2 aromatic heterocycles. The van der Waals surface area contributed by atoms with Crippen LogP contribution in [0.3, 0.4) is 0 Å². The van der Waals surface area contributed by atoms with Gasteiger partial charge in [-0.1, -0.05) is 12.7 Å². The molecule has 0 saturated heterocycles. The summed E-state index contributed by atoms with van der Waals surface area (Å²) >= 11 is 1.00. The Morgan fingerprint density at radius 2 is 2.30 bits per heavy atom. The van der Waals surface area contributed by atoms with Gasteiger partial charge in [-0.05, 0) is 13.0 Å². The average Bonchev–Trinajstić information content (AvgIpc) is 3.06. The lowest BCUT2D eigenvalue weighted by molar-refractivity contribution is -0.135. The fourth-order valence-electron chi connectivity index (χ4n) is 2.32. The summed E-state index contributed by atoms with van der Waals surface area (Å²) in [6.07, 6.45) is 4.41. The van der Waals surface area contributed by atoms with E-state index >= 15 is 0 Å². The number of hydrogen-bond acceptors (Lipinski definition) is 10. The van der Waals surface area contributed by atoms with Crippen LogP contribution in [0.4, 0.5) is 11.8 Å². The van der Waals surface area contributed by atoms with Crippen LogP contribution in [0.2, 0.25) is 0 Å². The third-order valence-electron chi connectivity index (χ3n) is 3.69. The number of nitrogens with zero attached hydrogens (tertiary/aromatic N) is 4. The molecule has 0 atom stereocenters. The molecule has 0 saturated carbocycles. The summed E-state index contributed by atoms with van der Waals surface area (Å²) < 4.78 is 11.8. The molecule has 11 heteroatoms. The summed E-state index contributed by atoms with van der Waals surface area (Å²) in [4.78, 5) is 33.2. The third-order valence-corrected chi connectivity index (χ3v) is 4.82. The number of aromatic nitrogens is 3. The number of nitrogens with one attached hydrogen (secondary N) is 2. The summed E-state index contributed by atoms with van der Waals surface area (Å²) in [6, 6.07) is 3.53. The Hall–Kier alpha value is -3.49. The van der Waals surface area contributed by atoms with Crippen molar-refractivity contribution in [2.45, 2.75) is 13.5 Å². The van der Waals surface area contributed by atoms with E-state index in [9.17, 15) is 14.9 Å². The van der Waals surface area contributed by atoms with Crippen LogP contribution in [0, 0.1) is 11.3 Å². The van der Waals surface area contributed by atoms with Gasteiger partial charge in [0.1, 0.15) is 27.7 Å². The Balaban J connectivity index is 2.39. The first-order valence-corrected chi connectivity index (χ1v) is 9.82. The summed E-state index contributed by atoms with van der Waals surface area (Å²) in [5, 5.41) is 15.4. The van der Waals surface area contributed by atoms with Crippen molar-refractivity contribution in [1.82, 2.24) is 14.5 Å². The molecule has 2 aromatic rings. The van der Waals surface area contributed by atoms with Gasteiger partial charge in [-0.15, -0.1) is 11.3 Å². The monoisotopic (exact) mass is 430 g/mol. The van der Waals surface area contributed by atoms with Gasteiger partial charge in [0.05, 0.1) is 6.61 Å². The number of ether oxygens (including phenoxy) is 2. The highest BCUT2D eigenvalue weighted by Crippen LogP contribution is 2.05. The predicted octanol–water partition coefficient (Wildman–Crippen LogP) is 0.0316. The zero-order valence-corrected chi connectivity index (χ0v) is 17.5. The maximum absolute atomic E-state index is 12.7. The molecule has 10 nitrogen and oxygen atoms in total. The predicted molar refractivity (Wildman–Crippen MR) is 114 cm³/mol. The SMILES string of the molecule is C=CCOC(=O)C(C#N)=c1sc(=CNc2nccc(NCCOC)n2)c(=O)n1CC. The molecule has 0 fully saturated rings. The van der Waals surface area contributed by atoms with Crippen molar-refractivity contribution in [3.8, 4) is 6.07 Å². The Morgan fingerprint density at radius 3 is 2.97 bits per heavy atom. The number of thiazole rings is 1. The highest BCUT2D eigenvalue weighted by Gasteiger charge is 2.16. The van der Waals surface area contributed by atoms with Crippen molar-refractivity contribution < 1.29 is 14.3 Å². The molecule has 2 rings (SSSR count). The number of carbonyl (C=O) groups excluding carboxylic acids is 1. The molecule has 2 heterocycles. The lowest BCUT2D eigenvalue weighted by atomic mass is 10.3. The zero-order chi connectivity index (χ0) is 21.9. The number of rotatable bonds is 10. The molecular weight excluding hydrogens is 408 g/mol. The molecule has 0 spiro atoms. The lowest BCUT2D eigenvalue weighted by Gasteiger charge is -2.05. The van der Waals surface area contributed by atoms with Crippen molar-refractivity contribution in [2.24, 2.45) is 0 Å². The van der Waals surface area contributed by atoms with Gasteiger partial charge < -0.3 is 20.1 Å². The van der Waals surface area contributed by atoms with E-state index in [2.05, 4.69) is 27.2 Å². The molecular formula is C19H22N6O4S. The molecule has 0 aliphatic rings. The van der Waals surface area contributed by atoms with E-state index in [1.165, 1.54) is 16.8 Å². The second-order valence-corrected chi connectivity index (χ2v) is 6.70. The zero-order valence-electron chi connectivity index (χ0n) is 16.7. The van der Waals surface area contributed by atoms with E-state index in [-0.39, 0.29) is 39.4 Å². The van der Waals surface area contributed by atoms with Gasteiger partial charge in [-0.25, -0.2) is 9.78 Å². The number of hydrogen-bond donors (Lipinski definition) is 2. The minimum Gasteiger partial charge on any atom is -0.457 e. The van der Waals surface area contributed by atoms with Crippen LogP contribution in [0.1, 0.15) is 6.92 Å². The number of methoxy groups -OCH3 is 1. The van der Waals surface area contributed by atoms with Gasteiger partial charge in [0, 0.05) is 32.6 Å². The lowest BCUT2D eigenvalue weighted by Crippen LogP contribution is -2.32. The maximum Gasteiger partial charge on any atom is 0.352 e. The third kappa shape index (κ3) is 5.76. The van der Waals surface area contributed by atoms with Crippen molar-refractivity contribution in [3.63, 3.8) is 0 Å². The van der Waals surface area contributed by atoms with Crippen LogP contribution in [0.25, 0.3) is 11.8 Å². The van der Waals surface area contributed by atoms with Crippen LogP contribution < -0.4 is 25.4 Å². The quantitative estimate of drug-likeness (QED) is 0.304. The van der Waals surface area contributed by atoms with E-state index in [0.717, 1.165) is 11.3 Å². The van der Waals surface area contributed by atoms with Crippen molar-refractivity contribution in [3.05, 3.63) is 44.5 Å². The summed E-state index contributed by atoms with van der Waals surface area (Å²) in [6.45, 7) is 6.58. The Bertz CT molecular complexity index is 1120. The highest BCUT2D eigenvalue weighted by atomic mass is 32.1. The molecule has 0 unspecified atom stereocenters. The minimum atomic E-state index is -0.807. The first-order valence-electron chi connectivity index (χ1n) is 9.00. The first kappa shape index (κ1) is 22.8. The van der Waals surface area contributed by atoms with Crippen LogP contribution in [-0.2, 0) is 20.8 Å². The number of esters is 1. The van der Waals surface area contributed by atoms with Gasteiger partial charge >= 0.3 is 5.97 Å². The van der Waals surface area contributed by atoms with Gasteiger partial charge in [-0.2, -0.15) is 10.2 Å². The average molecular weight is 430 g/mol. The summed E-state index contributed by atoms with van der Waals surface area (Å²) in [5.74, 6) is 0.0732. The second kappa shape index (κ2) is 11.5. The van der Waals surface area contributed by atoms with Crippen LogP contribution in [0.5, 0.6) is 0 Å². The topological polar surface area (TPSA) is 131 Å². The van der Waals surface area contributed by atoms with E-state index in [4.69, 9.17) is 9.47 Å². The molecule has 0 bridgehead atoms. The number of carbonyl (C=O) groups is 1. The fraction of sp³-hybridized carbons (Fsp3) is 0.316. The van der Waals surface area contributed by atoms with Gasteiger partial charge in [-0.3, -0.25) is 9.36 Å². The smallest absolute Gasteiger partial charge is 0.352 e. The van der Waals surface area contributed by atoms with Gasteiger partial charge in [0.15, 0.2) is 5.57 Å². The van der Waals surface area contributed by atoms with Gasteiger partial charge in [0.2, 0.25) is 5.95 Å². The summed E-state index contributed by atoms with van der Waals surface area (Å²) in [7, 11) is 1.61. The Kier molecular flexibility index (Phi) is 8.74. The number of anilines is 2. The molecule has 0 aliphatic carbocycles. The van der Waals surface area contributed by atoms with E-state index in [1.54, 1.807) is 26.3 Å². The summed E-state index contributed by atoms with van der Waals surface area (Å²) in [5.41, 5.74) is -0.579. The molecule has 30 heavy (non-hydrogen) atoms. The Labute approximate surface area is 176 Å². The molecule has 0 aliphatic heterocycles. The van der Waals surface area contributed by atoms with Crippen molar-refractivity contribution in [2.75, 3.05) is 37.5 Å². The molecule has 158 valence electrons. The molecule has 0 aromatic carbocycles. The Morgan fingerprint density at radius 1 is 1.50 bits per heavy atom. The minimum absolute atomic E-state index is 0.0294. The van der Waals surface area contributed by atoms with Crippen LogP contribution in [0.15, 0.2) is 29.7 Å². The fourth-order valence-corrected chi connectivity index (χ4v) is 3.39. The first-order chi connectivity index (χ1) is 14.5. The maximum atomic E-state index is 12.7. The van der Waals surface area contributed by atoms with Crippen molar-refractivity contribution in [1.29, 1.82) is 5.26 Å². The molecule has 0 radical (unpaired) electrons. The van der Waals surface area contributed by atoms with Gasteiger partial charge in [0.25, 0.3) is 5.56 Å². The number of nitriles is 1. The highest BCUT2D eigenvalue weighted by molar-refractivity contribution is 7.07. The van der Waals surface area contributed by atoms with Crippen molar-refractivity contribution >= 4 is 40.8 Å².